The van der Waals surface area contributed by atoms with Gasteiger partial charge in [-0.3, -0.25) is 14.5 Å². The molecule has 1 saturated heterocycles. The summed E-state index contributed by atoms with van der Waals surface area (Å²) in [6, 6.07) is 18.2. The Kier molecular flexibility index (Phi) is 6.54. The zero-order chi connectivity index (χ0) is 26.1. The molecular weight excluding hydrogens is 492 g/mol. The second kappa shape index (κ2) is 9.94. The molecule has 1 aromatic heterocycles. The second-order valence-electron chi connectivity index (χ2n) is 8.20. The number of methoxy groups -OCH3 is 2. The van der Waals surface area contributed by atoms with Gasteiger partial charge in [0.05, 0.1) is 36.6 Å². The van der Waals surface area contributed by atoms with Gasteiger partial charge >= 0.3 is 5.91 Å². The minimum Gasteiger partial charge on any atom is -0.507 e. The van der Waals surface area contributed by atoms with E-state index in [0.29, 0.717) is 45.6 Å². The third-order valence-electron chi connectivity index (χ3n) is 6.11. The minimum absolute atomic E-state index is 0.0473. The number of hydrogen-bond donors (Lipinski definition) is 1. The molecule has 0 aliphatic carbocycles. The van der Waals surface area contributed by atoms with Crippen molar-refractivity contribution in [1.82, 2.24) is 4.98 Å². The Hall–Kier alpha value is -4.37. The third-order valence-corrected chi connectivity index (χ3v) is 7.12. The van der Waals surface area contributed by atoms with Gasteiger partial charge in [-0.2, -0.15) is 0 Å². The molecule has 8 nitrogen and oxygen atoms in total. The zero-order valence-electron chi connectivity index (χ0n) is 20.4. The van der Waals surface area contributed by atoms with Crippen molar-refractivity contribution in [3.8, 4) is 17.2 Å². The van der Waals surface area contributed by atoms with Crippen LogP contribution in [-0.2, 0) is 9.59 Å². The second-order valence-corrected chi connectivity index (χ2v) is 9.21. The van der Waals surface area contributed by atoms with Crippen molar-refractivity contribution in [2.24, 2.45) is 0 Å². The van der Waals surface area contributed by atoms with Gasteiger partial charge in [0.1, 0.15) is 29.0 Å². The molecule has 1 atom stereocenters. The van der Waals surface area contributed by atoms with E-state index >= 15 is 0 Å². The molecule has 0 spiro atoms. The van der Waals surface area contributed by atoms with Gasteiger partial charge < -0.3 is 19.3 Å². The predicted molar refractivity (Wildman–Crippen MR) is 142 cm³/mol. The molecule has 1 fully saturated rings. The molecule has 9 heteroatoms. The molecule has 0 radical (unpaired) electrons. The van der Waals surface area contributed by atoms with Crippen LogP contribution < -0.4 is 19.1 Å². The standard InChI is InChI=1S/C28H24N2O6S/c1-4-36-18-13-14-20-22(15-18)37-28(29-20)30-24(19-7-5-6-8-21(19)35-3)23(26(32)27(30)33)25(31)16-9-11-17(34-2)12-10-16/h5-15,24,31H,4H2,1-3H3/t24-/m1/s1. The van der Waals surface area contributed by atoms with Crippen molar-refractivity contribution in [3.63, 3.8) is 0 Å². The largest absolute Gasteiger partial charge is 0.507 e. The number of ketones is 1. The number of para-hydroxylation sites is 1. The van der Waals surface area contributed by atoms with E-state index in [1.807, 2.05) is 25.1 Å². The molecule has 1 N–H and O–H groups in total. The number of anilines is 1. The highest BCUT2D eigenvalue weighted by molar-refractivity contribution is 7.22. The molecule has 0 bridgehead atoms. The number of carbonyl (C=O) groups excluding carboxylic acids is 2. The van der Waals surface area contributed by atoms with Crippen molar-refractivity contribution in [2.45, 2.75) is 13.0 Å². The highest BCUT2D eigenvalue weighted by Crippen LogP contribution is 2.46. The lowest BCUT2D eigenvalue weighted by Gasteiger charge is -2.24. The fourth-order valence-electron chi connectivity index (χ4n) is 4.37. The Labute approximate surface area is 217 Å². The third kappa shape index (κ3) is 4.27. The van der Waals surface area contributed by atoms with Crippen LogP contribution in [-0.4, -0.2) is 42.6 Å². The Morgan fingerprint density at radius 1 is 1.00 bits per heavy atom. The molecule has 0 saturated carbocycles. The van der Waals surface area contributed by atoms with E-state index < -0.39 is 17.7 Å². The highest BCUT2D eigenvalue weighted by Gasteiger charge is 2.49. The van der Waals surface area contributed by atoms with Gasteiger partial charge in [0, 0.05) is 11.1 Å². The van der Waals surface area contributed by atoms with E-state index in [2.05, 4.69) is 4.98 Å². The first-order valence-electron chi connectivity index (χ1n) is 11.6. The molecule has 188 valence electrons. The fourth-order valence-corrected chi connectivity index (χ4v) is 5.39. The Morgan fingerprint density at radius 3 is 2.43 bits per heavy atom. The number of rotatable bonds is 7. The highest BCUT2D eigenvalue weighted by atomic mass is 32.1. The van der Waals surface area contributed by atoms with Gasteiger partial charge in [0.2, 0.25) is 0 Å². The summed E-state index contributed by atoms with van der Waals surface area (Å²) < 4.78 is 17.2. The van der Waals surface area contributed by atoms with Gasteiger partial charge in [0.15, 0.2) is 5.13 Å². The van der Waals surface area contributed by atoms with Crippen LogP contribution in [0.25, 0.3) is 16.0 Å². The first-order chi connectivity index (χ1) is 18.0. The average Bonchev–Trinajstić information content (AvgIpc) is 3.46. The number of aromatic nitrogens is 1. The SMILES string of the molecule is CCOc1ccc2nc(N3C(=O)C(=O)C(=C(O)c4ccc(OC)cc4)[C@H]3c3ccccc3OC)sc2c1. The smallest absolute Gasteiger partial charge is 0.301 e. The molecule has 3 aromatic carbocycles. The molecule has 37 heavy (non-hydrogen) atoms. The van der Waals surface area contributed by atoms with Crippen LogP contribution in [0.15, 0.2) is 72.3 Å². The van der Waals surface area contributed by atoms with Gasteiger partial charge in [-0.1, -0.05) is 29.5 Å². The first kappa shape index (κ1) is 24.3. The van der Waals surface area contributed by atoms with Crippen LogP contribution in [0.5, 0.6) is 17.2 Å². The topological polar surface area (TPSA) is 98.2 Å². The van der Waals surface area contributed by atoms with Crippen LogP contribution in [0.3, 0.4) is 0 Å². The summed E-state index contributed by atoms with van der Waals surface area (Å²) in [4.78, 5) is 32.9. The van der Waals surface area contributed by atoms with Crippen LogP contribution >= 0.6 is 11.3 Å². The fraction of sp³-hybridized carbons (Fsp3) is 0.179. The number of Topliss-reactive ketones (excluding diaryl/α,β-unsaturated/α-hetero) is 1. The van der Waals surface area contributed by atoms with Gasteiger partial charge in [0.25, 0.3) is 5.78 Å². The maximum Gasteiger partial charge on any atom is 0.301 e. The van der Waals surface area contributed by atoms with Crippen molar-refractivity contribution in [2.75, 3.05) is 25.7 Å². The van der Waals surface area contributed by atoms with Crippen LogP contribution in [0.4, 0.5) is 5.13 Å². The molecule has 1 aliphatic rings. The molecule has 1 aliphatic heterocycles. The minimum atomic E-state index is -0.954. The van der Waals surface area contributed by atoms with Crippen LogP contribution in [0.2, 0.25) is 0 Å². The summed E-state index contributed by atoms with van der Waals surface area (Å²) >= 11 is 1.27. The number of aliphatic hydroxyl groups excluding tert-OH is 1. The quantitative estimate of drug-likeness (QED) is 0.201. The average molecular weight is 517 g/mol. The number of nitrogens with zero attached hydrogens (tertiary/aromatic N) is 2. The molecule has 0 unspecified atom stereocenters. The van der Waals surface area contributed by atoms with Crippen LogP contribution in [0.1, 0.15) is 24.1 Å². The number of aliphatic hydroxyl groups is 1. The predicted octanol–water partition coefficient (Wildman–Crippen LogP) is 5.34. The number of benzene rings is 3. The van der Waals surface area contributed by atoms with Crippen molar-refractivity contribution >= 4 is 44.1 Å². The van der Waals surface area contributed by atoms with Crippen molar-refractivity contribution in [3.05, 3.63) is 83.4 Å². The molecule has 1 amide bonds. The van der Waals surface area contributed by atoms with E-state index in [1.165, 1.54) is 30.5 Å². The number of thiazole rings is 1. The monoisotopic (exact) mass is 516 g/mol. The molecule has 4 aromatic rings. The summed E-state index contributed by atoms with van der Waals surface area (Å²) in [5, 5.41) is 11.7. The zero-order valence-corrected chi connectivity index (χ0v) is 21.2. The number of fused-ring (bicyclic) bond motifs is 1. The lowest BCUT2D eigenvalue weighted by Crippen LogP contribution is -2.29. The Balaban J connectivity index is 1.71. The summed E-state index contributed by atoms with van der Waals surface area (Å²) in [6.45, 7) is 2.42. The summed E-state index contributed by atoms with van der Waals surface area (Å²) in [5.74, 6) is -0.125. The molecular formula is C28H24N2O6S. The summed E-state index contributed by atoms with van der Waals surface area (Å²) in [7, 11) is 3.05. The van der Waals surface area contributed by atoms with Crippen molar-refractivity contribution in [1.29, 1.82) is 0 Å². The van der Waals surface area contributed by atoms with Gasteiger partial charge in [-0.05, 0) is 55.5 Å². The van der Waals surface area contributed by atoms with Gasteiger partial charge in [-0.15, -0.1) is 0 Å². The van der Waals surface area contributed by atoms with E-state index in [0.717, 1.165) is 4.70 Å². The van der Waals surface area contributed by atoms with Crippen molar-refractivity contribution < 1.29 is 28.9 Å². The van der Waals surface area contributed by atoms with E-state index in [9.17, 15) is 14.7 Å². The lowest BCUT2D eigenvalue weighted by atomic mass is 9.94. The number of carbonyl (C=O) groups is 2. The molecule has 5 rings (SSSR count). The number of amides is 1. The summed E-state index contributed by atoms with van der Waals surface area (Å²) in [5.41, 5.74) is 1.55. The number of hydrogen-bond acceptors (Lipinski definition) is 8. The molecule has 2 heterocycles. The Morgan fingerprint density at radius 2 is 1.73 bits per heavy atom. The van der Waals surface area contributed by atoms with Crippen LogP contribution in [0, 0.1) is 0 Å². The van der Waals surface area contributed by atoms with E-state index in [4.69, 9.17) is 14.2 Å². The maximum atomic E-state index is 13.5. The number of ether oxygens (including phenoxy) is 3. The van der Waals surface area contributed by atoms with E-state index in [-0.39, 0.29) is 11.3 Å². The normalized spacial score (nSPS) is 16.8. The Bertz CT molecular complexity index is 1530. The summed E-state index contributed by atoms with van der Waals surface area (Å²) in [6.07, 6.45) is 0. The van der Waals surface area contributed by atoms with Gasteiger partial charge in [-0.25, -0.2) is 4.98 Å². The van der Waals surface area contributed by atoms with E-state index in [1.54, 1.807) is 48.5 Å². The first-order valence-corrected chi connectivity index (χ1v) is 12.4. The maximum absolute atomic E-state index is 13.5. The lowest BCUT2D eigenvalue weighted by molar-refractivity contribution is -0.132.